The Morgan fingerprint density at radius 3 is 2.46 bits per heavy atom. The summed E-state index contributed by atoms with van der Waals surface area (Å²) in [6, 6.07) is 2.86. The van der Waals surface area contributed by atoms with Gasteiger partial charge in [0.05, 0.1) is 12.3 Å². The highest BCUT2D eigenvalue weighted by atomic mass is 79.9. The van der Waals surface area contributed by atoms with E-state index in [1.165, 1.54) is 17.8 Å². The summed E-state index contributed by atoms with van der Waals surface area (Å²) in [5, 5.41) is 2.17. The summed E-state index contributed by atoms with van der Waals surface area (Å²) in [6.07, 6.45) is 1.78. The van der Waals surface area contributed by atoms with E-state index in [-0.39, 0.29) is 29.4 Å². The number of esters is 1. The molecule has 0 bridgehead atoms. The molecule has 0 fully saturated rings. The van der Waals surface area contributed by atoms with Gasteiger partial charge >= 0.3 is 5.97 Å². The number of nitrogens with one attached hydrogen (secondary N) is 1. The van der Waals surface area contributed by atoms with Gasteiger partial charge in [-0.25, -0.2) is 4.39 Å². The van der Waals surface area contributed by atoms with Gasteiger partial charge in [0.15, 0.2) is 0 Å². The van der Waals surface area contributed by atoms with Crippen molar-refractivity contribution in [1.29, 1.82) is 0 Å². The lowest BCUT2D eigenvalue weighted by Gasteiger charge is -2.20. The Kier molecular flexibility index (Phi) is 9.64. The monoisotopic (exact) mass is 447 g/mol. The van der Waals surface area contributed by atoms with Gasteiger partial charge in [0.25, 0.3) is 0 Å². The SMILES string of the molecule is CCCCOC(=O)C(Sc1cc(NC(=O)C(C)C)c(F)cc1Br)C(C)C. The number of benzene rings is 1. The molecule has 0 aromatic heterocycles. The van der Waals surface area contributed by atoms with Crippen LogP contribution in [0.5, 0.6) is 0 Å². The molecular weight excluding hydrogens is 421 g/mol. The van der Waals surface area contributed by atoms with Crippen LogP contribution in [-0.2, 0) is 14.3 Å². The minimum atomic E-state index is -0.526. The van der Waals surface area contributed by atoms with Crippen LogP contribution >= 0.6 is 27.7 Å². The van der Waals surface area contributed by atoms with E-state index >= 15 is 0 Å². The summed E-state index contributed by atoms with van der Waals surface area (Å²) in [5.74, 6) is -1.28. The average Bonchev–Trinajstić information content (AvgIpc) is 2.55. The van der Waals surface area contributed by atoms with E-state index in [0.717, 1.165) is 12.8 Å². The second-order valence-corrected chi connectivity index (χ2v) is 8.75. The molecule has 0 saturated carbocycles. The molecule has 0 aliphatic heterocycles. The minimum Gasteiger partial charge on any atom is -0.465 e. The average molecular weight is 448 g/mol. The maximum absolute atomic E-state index is 14.2. The predicted molar refractivity (Wildman–Crippen MR) is 108 cm³/mol. The number of amides is 1. The number of thioether (sulfide) groups is 1. The van der Waals surface area contributed by atoms with Crippen LogP contribution in [0.25, 0.3) is 0 Å². The van der Waals surface area contributed by atoms with Crippen molar-refractivity contribution in [2.24, 2.45) is 11.8 Å². The molecule has 0 aliphatic carbocycles. The third kappa shape index (κ3) is 6.91. The molecule has 1 atom stereocenters. The number of hydrogen-bond acceptors (Lipinski definition) is 4. The number of halogens is 2. The Labute approximate surface area is 167 Å². The fourth-order valence-corrected chi connectivity index (χ4v) is 3.65. The van der Waals surface area contributed by atoms with Gasteiger partial charge in [-0.3, -0.25) is 9.59 Å². The molecule has 26 heavy (non-hydrogen) atoms. The highest BCUT2D eigenvalue weighted by Gasteiger charge is 2.26. The van der Waals surface area contributed by atoms with Crippen molar-refractivity contribution in [3.05, 3.63) is 22.4 Å². The second-order valence-electron chi connectivity index (χ2n) is 6.71. The topological polar surface area (TPSA) is 55.4 Å². The standard InChI is InChI=1S/C19H27BrFNO3S/c1-6-7-8-25-19(24)17(11(2)3)26-16-10-15(14(21)9-13(16)20)22-18(23)12(4)5/h9-12,17H,6-8H2,1-5H3,(H,22,23). The number of ether oxygens (including phenoxy) is 1. The molecule has 1 rings (SSSR count). The van der Waals surface area contributed by atoms with Crippen molar-refractivity contribution in [2.45, 2.75) is 57.6 Å². The van der Waals surface area contributed by atoms with Crippen molar-refractivity contribution in [1.82, 2.24) is 0 Å². The Morgan fingerprint density at radius 2 is 1.92 bits per heavy atom. The van der Waals surface area contributed by atoms with Crippen LogP contribution < -0.4 is 5.32 Å². The first kappa shape index (κ1) is 23.0. The maximum Gasteiger partial charge on any atom is 0.319 e. The van der Waals surface area contributed by atoms with Crippen LogP contribution in [0.3, 0.4) is 0 Å². The molecule has 0 radical (unpaired) electrons. The normalized spacial score (nSPS) is 12.3. The van der Waals surface area contributed by atoms with Crippen LogP contribution in [0.15, 0.2) is 21.5 Å². The van der Waals surface area contributed by atoms with Gasteiger partial charge in [-0.1, -0.05) is 41.0 Å². The summed E-state index contributed by atoms with van der Waals surface area (Å²) in [5.41, 5.74) is 0.108. The van der Waals surface area contributed by atoms with E-state index in [4.69, 9.17) is 4.74 Å². The lowest BCUT2D eigenvalue weighted by atomic mass is 10.1. The van der Waals surface area contributed by atoms with E-state index in [0.29, 0.717) is 16.0 Å². The highest BCUT2D eigenvalue weighted by Crippen LogP contribution is 2.37. The summed E-state index contributed by atoms with van der Waals surface area (Å²) >= 11 is 4.65. The van der Waals surface area contributed by atoms with Crippen LogP contribution in [0.4, 0.5) is 10.1 Å². The number of hydrogen-bond donors (Lipinski definition) is 1. The molecule has 0 aliphatic rings. The van der Waals surface area contributed by atoms with Gasteiger partial charge in [-0.05, 0) is 40.4 Å². The van der Waals surface area contributed by atoms with Gasteiger partial charge in [-0.2, -0.15) is 0 Å². The van der Waals surface area contributed by atoms with Gasteiger partial charge in [-0.15, -0.1) is 11.8 Å². The number of carbonyl (C=O) groups is 2. The molecule has 1 amide bonds. The third-order valence-corrected chi connectivity index (χ3v) is 6.14. The largest absolute Gasteiger partial charge is 0.465 e. The smallest absolute Gasteiger partial charge is 0.319 e. The fraction of sp³-hybridized carbons (Fsp3) is 0.579. The predicted octanol–water partition coefficient (Wildman–Crippen LogP) is 5.64. The van der Waals surface area contributed by atoms with Crippen LogP contribution in [0, 0.1) is 17.7 Å². The molecule has 1 unspecified atom stereocenters. The second kappa shape index (κ2) is 10.9. The molecular formula is C19H27BrFNO3S. The third-order valence-electron chi connectivity index (χ3n) is 3.64. The van der Waals surface area contributed by atoms with Gasteiger partial charge in [0.2, 0.25) is 5.91 Å². The number of carbonyl (C=O) groups excluding carboxylic acids is 2. The molecule has 1 aromatic carbocycles. The minimum absolute atomic E-state index is 0.0415. The molecule has 1 N–H and O–H groups in total. The van der Waals surface area contributed by atoms with E-state index in [1.807, 2.05) is 20.8 Å². The highest BCUT2D eigenvalue weighted by molar-refractivity contribution is 9.10. The van der Waals surface area contributed by atoms with E-state index in [9.17, 15) is 14.0 Å². The summed E-state index contributed by atoms with van der Waals surface area (Å²) in [7, 11) is 0. The summed E-state index contributed by atoms with van der Waals surface area (Å²) < 4.78 is 20.1. The number of unbranched alkanes of at least 4 members (excludes halogenated alkanes) is 1. The Balaban J connectivity index is 3.00. The Morgan fingerprint density at radius 1 is 1.27 bits per heavy atom. The summed E-state index contributed by atoms with van der Waals surface area (Å²) in [6.45, 7) is 9.80. The van der Waals surface area contributed by atoms with E-state index < -0.39 is 11.1 Å². The first-order valence-corrected chi connectivity index (χ1v) is 10.5. The first-order chi connectivity index (χ1) is 12.2. The fourth-order valence-electron chi connectivity index (χ4n) is 1.98. The quantitative estimate of drug-likeness (QED) is 0.302. The zero-order valence-corrected chi connectivity index (χ0v) is 18.3. The van der Waals surface area contributed by atoms with Crippen LogP contribution in [0.2, 0.25) is 0 Å². The lowest BCUT2D eigenvalue weighted by Crippen LogP contribution is -2.26. The molecule has 4 nitrogen and oxygen atoms in total. The van der Waals surface area contributed by atoms with Crippen molar-refractivity contribution in [3.63, 3.8) is 0 Å². The first-order valence-electron chi connectivity index (χ1n) is 8.80. The van der Waals surface area contributed by atoms with E-state index in [1.54, 1.807) is 19.9 Å². The van der Waals surface area contributed by atoms with E-state index in [2.05, 4.69) is 21.2 Å². The Bertz CT molecular complexity index is 637. The Hall–Kier alpha value is -1.08. The zero-order valence-electron chi connectivity index (χ0n) is 15.9. The maximum atomic E-state index is 14.2. The van der Waals surface area contributed by atoms with Gasteiger partial charge in [0.1, 0.15) is 11.1 Å². The summed E-state index contributed by atoms with van der Waals surface area (Å²) in [4.78, 5) is 24.9. The van der Waals surface area contributed by atoms with Crippen molar-refractivity contribution < 1.29 is 18.7 Å². The number of anilines is 1. The van der Waals surface area contributed by atoms with Crippen molar-refractivity contribution >= 4 is 45.3 Å². The molecule has 146 valence electrons. The van der Waals surface area contributed by atoms with Gasteiger partial charge < -0.3 is 10.1 Å². The molecule has 0 heterocycles. The molecule has 0 saturated heterocycles. The van der Waals surface area contributed by atoms with Crippen molar-refractivity contribution in [2.75, 3.05) is 11.9 Å². The van der Waals surface area contributed by atoms with Crippen LogP contribution in [0.1, 0.15) is 47.5 Å². The molecule has 1 aromatic rings. The number of rotatable bonds is 9. The van der Waals surface area contributed by atoms with Gasteiger partial charge in [0, 0.05) is 15.3 Å². The molecule has 7 heteroatoms. The van der Waals surface area contributed by atoms with Crippen molar-refractivity contribution in [3.8, 4) is 0 Å². The lowest BCUT2D eigenvalue weighted by molar-refractivity contribution is -0.143. The zero-order chi connectivity index (χ0) is 19.9. The molecule has 0 spiro atoms. The van der Waals surface area contributed by atoms with Crippen LogP contribution in [-0.4, -0.2) is 23.7 Å².